The van der Waals surface area contributed by atoms with Gasteiger partial charge in [0.1, 0.15) is 12.7 Å². The predicted octanol–water partition coefficient (Wildman–Crippen LogP) is 4.52. The SMILES string of the molecule is CCC[C@@H](CC)OC(=O)OCc1ccc(I)cc1. The molecule has 18 heavy (non-hydrogen) atoms. The molecule has 0 aromatic heterocycles. The summed E-state index contributed by atoms with van der Waals surface area (Å²) in [4.78, 5) is 11.5. The van der Waals surface area contributed by atoms with Crippen LogP contribution in [0.1, 0.15) is 38.7 Å². The van der Waals surface area contributed by atoms with Gasteiger partial charge in [-0.3, -0.25) is 0 Å². The summed E-state index contributed by atoms with van der Waals surface area (Å²) >= 11 is 2.24. The minimum absolute atomic E-state index is 0.0285. The van der Waals surface area contributed by atoms with Gasteiger partial charge in [0.25, 0.3) is 0 Å². The Morgan fingerprint density at radius 1 is 1.28 bits per heavy atom. The van der Waals surface area contributed by atoms with E-state index in [2.05, 4.69) is 29.5 Å². The van der Waals surface area contributed by atoms with Crippen LogP contribution in [0.5, 0.6) is 0 Å². The van der Waals surface area contributed by atoms with Crippen molar-refractivity contribution in [3.8, 4) is 0 Å². The summed E-state index contributed by atoms with van der Waals surface area (Å²) < 4.78 is 11.5. The fraction of sp³-hybridized carbons (Fsp3) is 0.500. The number of hydrogen-bond acceptors (Lipinski definition) is 3. The van der Waals surface area contributed by atoms with Crippen molar-refractivity contribution in [2.45, 2.75) is 45.8 Å². The third-order valence-corrected chi connectivity index (χ3v) is 3.32. The monoisotopic (exact) mass is 362 g/mol. The molecule has 0 heterocycles. The molecule has 0 unspecified atom stereocenters. The van der Waals surface area contributed by atoms with E-state index in [1.165, 1.54) is 0 Å². The van der Waals surface area contributed by atoms with Gasteiger partial charge in [-0.1, -0.05) is 32.4 Å². The number of hydrogen-bond donors (Lipinski definition) is 0. The van der Waals surface area contributed by atoms with Gasteiger partial charge in [-0.25, -0.2) is 4.79 Å². The lowest BCUT2D eigenvalue weighted by atomic mass is 10.2. The maximum Gasteiger partial charge on any atom is 0.508 e. The molecule has 1 rings (SSSR count). The molecule has 0 amide bonds. The summed E-state index contributed by atoms with van der Waals surface area (Å²) in [6, 6.07) is 7.85. The van der Waals surface area contributed by atoms with E-state index in [9.17, 15) is 4.79 Å². The Balaban J connectivity index is 2.34. The van der Waals surface area contributed by atoms with Gasteiger partial charge in [-0.15, -0.1) is 0 Å². The van der Waals surface area contributed by atoms with Crippen molar-refractivity contribution < 1.29 is 14.3 Å². The van der Waals surface area contributed by atoms with Crippen LogP contribution in [-0.4, -0.2) is 12.3 Å². The fourth-order valence-corrected chi connectivity index (χ4v) is 1.92. The first kappa shape index (κ1) is 15.3. The van der Waals surface area contributed by atoms with Crippen molar-refractivity contribution in [2.24, 2.45) is 0 Å². The third-order valence-electron chi connectivity index (χ3n) is 2.60. The van der Waals surface area contributed by atoms with Gasteiger partial charge < -0.3 is 9.47 Å². The molecule has 1 atom stereocenters. The quantitative estimate of drug-likeness (QED) is 0.551. The summed E-state index contributed by atoms with van der Waals surface area (Å²) in [5.74, 6) is 0. The van der Waals surface area contributed by atoms with Gasteiger partial charge in [0.15, 0.2) is 0 Å². The van der Waals surface area contributed by atoms with Crippen molar-refractivity contribution >= 4 is 28.7 Å². The van der Waals surface area contributed by atoms with Crippen molar-refractivity contribution in [1.82, 2.24) is 0 Å². The van der Waals surface area contributed by atoms with Crippen LogP contribution in [0.3, 0.4) is 0 Å². The standard InChI is InChI=1S/C14H19IO3/c1-3-5-13(4-2)18-14(16)17-10-11-6-8-12(15)9-7-11/h6-9,13H,3-5,10H2,1-2H3/t13-/m1/s1. The van der Waals surface area contributed by atoms with E-state index in [-0.39, 0.29) is 12.7 Å². The average Bonchev–Trinajstić information content (AvgIpc) is 2.37. The Labute approximate surface area is 122 Å². The van der Waals surface area contributed by atoms with Gasteiger partial charge in [0.05, 0.1) is 0 Å². The predicted molar refractivity (Wildman–Crippen MR) is 79.4 cm³/mol. The van der Waals surface area contributed by atoms with Gasteiger partial charge in [-0.2, -0.15) is 0 Å². The van der Waals surface area contributed by atoms with Crippen LogP contribution >= 0.6 is 22.6 Å². The van der Waals surface area contributed by atoms with E-state index in [0.29, 0.717) is 0 Å². The largest absolute Gasteiger partial charge is 0.508 e. The normalized spacial score (nSPS) is 11.9. The second-order valence-corrected chi connectivity index (χ2v) is 5.35. The average molecular weight is 362 g/mol. The van der Waals surface area contributed by atoms with E-state index in [0.717, 1.165) is 28.4 Å². The molecule has 0 aliphatic carbocycles. The van der Waals surface area contributed by atoms with Crippen LogP contribution in [0.15, 0.2) is 24.3 Å². The highest BCUT2D eigenvalue weighted by Gasteiger charge is 2.12. The Kier molecular flexibility index (Phi) is 7.08. The van der Waals surface area contributed by atoms with Crippen LogP contribution in [0.25, 0.3) is 0 Å². The number of carbonyl (C=O) groups excluding carboxylic acids is 1. The van der Waals surface area contributed by atoms with Gasteiger partial charge >= 0.3 is 6.16 Å². The first-order valence-corrected chi connectivity index (χ1v) is 7.31. The molecule has 1 aromatic carbocycles. The first-order valence-electron chi connectivity index (χ1n) is 6.23. The molecule has 0 saturated heterocycles. The van der Waals surface area contributed by atoms with E-state index in [1.807, 2.05) is 31.2 Å². The van der Waals surface area contributed by atoms with Crippen molar-refractivity contribution in [1.29, 1.82) is 0 Å². The molecule has 100 valence electrons. The van der Waals surface area contributed by atoms with E-state index in [1.54, 1.807) is 0 Å². The summed E-state index contributed by atoms with van der Waals surface area (Å²) in [7, 11) is 0. The molecule has 0 fully saturated rings. The van der Waals surface area contributed by atoms with Crippen LogP contribution in [0.4, 0.5) is 4.79 Å². The minimum atomic E-state index is -0.575. The maximum absolute atomic E-state index is 11.5. The fourth-order valence-electron chi connectivity index (χ4n) is 1.56. The molecule has 0 aliphatic heterocycles. The molecular weight excluding hydrogens is 343 g/mol. The summed E-state index contributed by atoms with van der Waals surface area (Å²) in [5, 5.41) is 0. The molecule has 0 bridgehead atoms. The number of halogens is 1. The molecule has 0 radical (unpaired) electrons. The lowest BCUT2D eigenvalue weighted by molar-refractivity contribution is 0.0150. The van der Waals surface area contributed by atoms with Crippen LogP contribution in [-0.2, 0) is 16.1 Å². The molecule has 3 nitrogen and oxygen atoms in total. The molecule has 0 saturated carbocycles. The second-order valence-electron chi connectivity index (χ2n) is 4.10. The van der Waals surface area contributed by atoms with Gasteiger partial charge in [0.2, 0.25) is 0 Å². The molecule has 0 spiro atoms. The summed E-state index contributed by atoms with van der Waals surface area (Å²) in [5.41, 5.74) is 0.968. The van der Waals surface area contributed by atoms with Crippen LogP contribution in [0.2, 0.25) is 0 Å². The number of ether oxygens (including phenoxy) is 2. The second kappa shape index (κ2) is 8.34. The smallest absolute Gasteiger partial charge is 0.431 e. The third kappa shape index (κ3) is 5.71. The Morgan fingerprint density at radius 3 is 2.50 bits per heavy atom. The zero-order valence-corrected chi connectivity index (χ0v) is 13.0. The molecule has 1 aromatic rings. The summed E-state index contributed by atoms with van der Waals surface area (Å²) in [6.07, 6.45) is 2.11. The lowest BCUT2D eigenvalue weighted by Crippen LogP contribution is -2.18. The van der Waals surface area contributed by atoms with E-state index >= 15 is 0 Å². The highest BCUT2D eigenvalue weighted by atomic mass is 127. The van der Waals surface area contributed by atoms with E-state index < -0.39 is 6.16 Å². The molecule has 0 N–H and O–H groups in total. The topological polar surface area (TPSA) is 35.5 Å². The van der Waals surface area contributed by atoms with Crippen molar-refractivity contribution in [3.63, 3.8) is 0 Å². The number of rotatable bonds is 6. The Bertz CT molecular complexity index is 362. The lowest BCUT2D eigenvalue weighted by Gasteiger charge is -2.14. The van der Waals surface area contributed by atoms with Crippen LogP contribution in [0, 0.1) is 3.57 Å². The highest BCUT2D eigenvalue weighted by Crippen LogP contribution is 2.10. The summed E-state index contributed by atoms with van der Waals surface area (Å²) in [6.45, 7) is 4.34. The molecular formula is C14H19IO3. The Hall–Kier alpha value is -0.780. The Morgan fingerprint density at radius 2 is 1.94 bits per heavy atom. The van der Waals surface area contributed by atoms with Gasteiger partial charge in [-0.05, 0) is 53.1 Å². The number of benzene rings is 1. The minimum Gasteiger partial charge on any atom is -0.431 e. The zero-order valence-electron chi connectivity index (χ0n) is 10.8. The van der Waals surface area contributed by atoms with Crippen molar-refractivity contribution in [3.05, 3.63) is 33.4 Å². The first-order chi connectivity index (χ1) is 8.65. The zero-order chi connectivity index (χ0) is 13.4. The maximum atomic E-state index is 11.5. The van der Waals surface area contributed by atoms with Gasteiger partial charge in [0, 0.05) is 3.57 Å². The van der Waals surface area contributed by atoms with Crippen molar-refractivity contribution in [2.75, 3.05) is 0 Å². The van der Waals surface area contributed by atoms with E-state index in [4.69, 9.17) is 9.47 Å². The molecule has 0 aliphatic rings. The van der Waals surface area contributed by atoms with Crippen LogP contribution < -0.4 is 0 Å². The number of carbonyl (C=O) groups is 1. The molecule has 4 heteroatoms. The highest BCUT2D eigenvalue weighted by molar-refractivity contribution is 14.1.